The lowest BCUT2D eigenvalue weighted by atomic mass is 10.3. The fourth-order valence-corrected chi connectivity index (χ4v) is 2.11. The van der Waals surface area contributed by atoms with Gasteiger partial charge in [-0.3, -0.25) is 4.98 Å². The lowest BCUT2D eigenvalue weighted by Gasteiger charge is -2.00. The molecule has 2 heterocycles. The Hall–Kier alpha value is -1.20. The summed E-state index contributed by atoms with van der Waals surface area (Å²) in [7, 11) is 0. The summed E-state index contributed by atoms with van der Waals surface area (Å²) in [4.78, 5) is 12.0. The Morgan fingerprint density at radius 2 is 2.29 bits per heavy atom. The van der Waals surface area contributed by atoms with Gasteiger partial charge in [0, 0.05) is 29.0 Å². The van der Waals surface area contributed by atoms with E-state index < -0.39 is 0 Å². The third-order valence-electron chi connectivity index (χ3n) is 2.77. The number of pyridine rings is 1. The van der Waals surface area contributed by atoms with Crippen molar-refractivity contribution in [1.29, 1.82) is 0 Å². The molecule has 3 rings (SSSR count). The fraction of sp³-hybridized carbons (Fsp3) is 0.333. The molecule has 0 unspecified atom stereocenters. The van der Waals surface area contributed by atoms with Gasteiger partial charge in [-0.2, -0.15) is 0 Å². The number of imidazole rings is 1. The van der Waals surface area contributed by atoms with Crippen LogP contribution >= 0.6 is 15.9 Å². The van der Waals surface area contributed by atoms with Crippen LogP contribution in [0.5, 0.6) is 0 Å². The maximum Gasteiger partial charge on any atom is 0.157 e. The van der Waals surface area contributed by atoms with Crippen LogP contribution in [0, 0.1) is 0 Å². The standard InChI is InChI=1S/C12H13BrN4/c13-10-2-1-5-14-11(10)12-16-7-9(17-12)6-15-8-3-4-8/h1-2,5,7-8,15H,3-4,6H2,(H,16,17). The van der Waals surface area contributed by atoms with Crippen LogP contribution in [0.4, 0.5) is 0 Å². The van der Waals surface area contributed by atoms with Crippen molar-refractivity contribution in [2.45, 2.75) is 25.4 Å². The number of aromatic amines is 1. The number of hydrogen-bond acceptors (Lipinski definition) is 3. The first-order valence-electron chi connectivity index (χ1n) is 5.71. The van der Waals surface area contributed by atoms with Crippen LogP contribution in [0.2, 0.25) is 0 Å². The van der Waals surface area contributed by atoms with Gasteiger partial charge in [-0.05, 0) is 40.9 Å². The van der Waals surface area contributed by atoms with Crippen molar-refractivity contribution >= 4 is 15.9 Å². The predicted molar refractivity (Wildman–Crippen MR) is 69.4 cm³/mol. The second kappa shape index (κ2) is 4.58. The molecule has 5 heteroatoms. The molecular formula is C12H13BrN4. The Bertz CT molecular complexity index is 519. The molecule has 0 aromatic carbocycles. The normalized spacial score (nSPS) is 15.1. The van der Waals surface area contributed by atoms with Crippen LogP contribution in [0.1, 0.15) is 18.5 Å². The quantitative estimate of drug-likeness (QED) is 0.910. The molecule has 0 atom stereocenters. The smallest absolute Gasteiger partial charge is 0.157 e. The van der Waals surface area contributed by atoms with E-state index in [0.29, 0.717) is 6.04 Å². The number of H-pyrrole nitrogens is 1. The molecule has 1 aliphatic carbocycles. The molecule has 1 fully saturated rings. The molecule has 88 valence electrons. The Morgan fingerprint density at radius 3 is 3.06 bits per heavy atom. The Morgan fingerprint density at radius 1 is 1.41 bits per heavy atom. The zero-order chi connectivity index (χ0) is 11.7. The maximum atomic E-state index is 4.36. The molecule has 2 aromatic heterocycles. The molecule has 0 radical (unpaired) electrons. The second-order valence-corrected chi connectivity index (χ2v) is 5.10. The zero-order valence-corrected chi connectivity index (χ0v) is 10.9. The summed E-state index contributed by atoms with van der Waals surface area (Å²) < 4.78 is 0.955. The van der Waals surface area contributed by atoms with E-state index in [9.17, 15) is 0 Å². The first-order chi connectivity index (χ1) is 8.33. The van der Waals surface area contributed by atoms with E-state index in [0.717, 1.165) is 28.2 Å². The van der Waals surface area contributed by atoms with E-state index in [2.05, 4.69) is 36.2 Å². The van der Waals surface area contributed by atoms with Gasteiger partial charge in [-0.25, -0.2) is 4.98 Å². The molecule has 1 aliphatic rings. The first-order valence-corrected chi connectivity index (χ1v) is 6.50. The van der Waals surface area contributed by atoms with Crippen molar-refractivity contribution in [2.24, 2.45) is 0 Å². The first kappa shape index (κ1) is 10.9. The minimum absolute atomic E-state index is 0.711. The van der Waals surface area contributed by atoms with Crippen LogP contribution in [0.3, 0.4) is 0 Å². The van der Waals surface area contributed by atoms with E-state index in [4.69, 9.17) is 0 Å². The van der Waals surface area contributed by atoms with Gasteiger partial charge in [-0.15, -0.1) is 0 Å². The molecule has 0 amide bonds. The molecule has 2 aromatic rings. The summed E-state index contributed by atoms with van der Waals surface area (Å²) >= 11 is 3.48. The molecular weight excluding hydrogens is 280 g/mol. The highest BCUT2D eigenvalue weighted by atomic mass is 79.9. The van der Waals surface area contributed by atoms with E-state index in [1.807, 2.05) is 18.3 Å². The summed E-state index contributed by atoms with van der Waals surface area (Å²) in [5.41, 5.74) is 1.95. The van der Waals surface area contributed by atoms with Crippen LogP contribution in [-0.2, 0) is 6.54 Å². The lowest BCUT2D eigenvalue weighted by molar-refractivity contribution is 0.677. The minimum atomic E-state index is 0.711. The summed E-state index contributed by atoms with van der Waals surface area (Å²) in [5, 5.41) is 3.45. The van der Waals surface area contributed by atoms with Crippen molar-refractivity contribution < 1.29 is 0 Å². The molecule has 0 saturated heterocycles. The van der Waals surface area contributed by atoms with Gasteiger partial charge in [0.2, 0.25) is 0 Å². The van der Waals surface area contributed by atoms with Gasteiger partial charge < -0.3 is 10.3 Å². The fourth-order valence-electron chi connectivity index (χ4n) is 1.67. The van der Waals surface area contributed by atoms with Gasteiger partial charge in [0.15, 0.2) is 5.82 Å². The number of halogens is 1. The summed E-state index contributed by atoms with van der Waals surface area (Å²) in [6.07, 6.45) is 6.23. The Kier molecular flexibility index (Phi) is 2.94. The average Bonchev–Trinajstić information content (AvgIpc) is 3.06. The van der Waals surface area contributed by atoms with E-state index in [1.54, 1.807) is 6.20 Å². The molecule has 0 spiro atoms. The Balaban J connectivity index is 1.77. The summed E-state index contributed by atoms with van der Waals surface area (Å²) in [6.45, 7) is 0.849. The molecule has 1 saturated carbocycles. The zero-order valence-electron chi connectivity index (χ0n) is 9.28. The van der Waals surface area contributed by atoms with Crippen molar-refractivity contribution in [3.8, 4) is 11.5 Å². The van der Waals surface area contributed by atoms with E-state index in [-0.39, 0.29) is 0 Å². The number of rotatable bonds is 4. The van der Waals surface area contributed by atoms with Crippen LogP contribution in [0.25, 0.3) is 11.5 Å². The molecule has 17 heavy (non-hydrogen) atoms. The SMILES string of the molecule is Brc1cccnc1-c1ncc(CNC2CC2)[nH]1. The predicted octanol–water partition coefficient (Wildman–Crippen LogP) is 2.49. The van der Waals surface area contributed by atoms with Gasteiger partial charge in [0.25, 0.3) is 0 Å². The third-order valence-corrected chi connectivity index (χ3v) is 3.41. The highest BCUT2D eigenvalue weighted by molar-refractivity contribution is 9.10. The largest absolute Gasteiger partial charge is 0.339 e. The van der Waals surface area contributed by atoms with Crippen LogP contribution in [0.15, 0.2) is 29.0 Å². The Labute approximate surface area is 108 Å². The van der Waals surface area contributed by atoms with Crippen molar-refractivity contribution in [3.63, 3.8) is 0 Å². The van der Waals surface area contributed by atoms with Gasteiger partial charge in [-0.1, -0.05) is 0 Å². The van der Waals surface area contributed by atoms with Gasteiger partial charge in [0.1, 0.15) is 5.69 Å². The van der Waals surface area contributed by atoms with Crippen LogP contribution in [-0.4, -0.2) is 21.0 Å². The molecule has 2 N–H and O–H groups in total. The summed E-state index contributed by atoms with van der Waals surface area (Å²) in [5.74, 6) is 0.810. The third kappa shape index (κ3) is 2.56. The number of nitrogens with one attached hydrogen (secondary N) is 2. The average molecular weight is 293 g/mol. The number of hydrogen-bond donors (Lipinski definition) is 2. The number of aromatic nitrogens is 3. The van der Waals surface area contributed by atoms with Gasteiger partial charge in [0.05, 0.1) is 6.20 Å². The lowest BCUT2D eigenvalue weighted by Crippen LogP contribution is -2.15. The monoisotopic (exact) mass is 292 g/mol. The maximum absolute atomic E-state index is 4.36. The highest BCUT2D eigenvalue weighted by Crippen LogP contribution is 2.23. The summed E-state index contributed by atoms with van der Waals surface area (Å²) in [6, 6.07) is 4.57. The van der Waals surface area contributed by atoms with Gasteiger partial charge >= 0.3 is 0 Å². The second-order valence-electron chi connectivity index (χ2n) is 4.25. The molecule has 0 bridgehead atoms. The van der Waals surface area contributed by atoms with E-state index in [1.165, 1.54) is 12.8 Å². The van der Waals surface area contributed by atoms with Crippen molar-refractivity contribution in [3.05, 3.63) is 34.7 Å². The van der Waals surface area contributed by atoms with Crippen molar-refractivity contribution in [2.75, 3.05) is 0 Å². The topological polar surface area (TPSA) is 53.6 Å². The highest BCUT2D eigenvalue weighted by Gasteiger charge is 2.20. The molecule has 0 aliphatic heterocycles. The molecule has 4 nitrogen and oxygen atoms in total. The van der Waals surface area contributed by atoms with Crippen molar-refractivity contribution in [1.82, 2.24) is 20.3 Å². The van der Waals surface area contributed by atoms with Crippen LogP contribution < -0.4 is 5.32 Å². The van der Waals surface area contributed by atoms with E-state index >= 15 is 0 Å². The minimum Gasteiger partial charge on any atom is -0.339 e. The number of nitrogens with zero attached hydrogens (tertiary/aromatic N) is 2.